The second kappa shape index (κ2) is 4.23. The minimum atomic E-state index is 0.341. The molecule has 0 saturated carbocycles. The quantitative estimate of drug-likeness (QED) is 0.802. The maximum Gasteiger partial charge on any atom is 0.120 e. The summed E-state index contributed by atoms with van der Waals surface area (Å²) in [5.41, 5.74) is 2.17. The minimum Gasteiger partial charge on any atom is -0.508 e. The normalized spacial score (nSPS) is 19.3. The molecule has 1 aromatic rings. The summed E-state index contributed by atoms with van der Waals surface area (Å²) in [7, 11) is 0. The van der Waals surface area contributed by atoms with Crippen LogP contribution in [0.25, 0.3) is 0 Å². The molecule has 1 unspecified atom stereocenters. The fraction of sp³-hybridized carbons (Fsp3) is 0.538. The van der Waals surface area contributed by atoms with Crippen LogP contribution in [0.4, 0.5) is 0 Å². The summed E-state index contributed by atoms with van der Waals surface area (Å²) in [5.74, 6) is 0.439. The van der Waals surface area contributed by atoms with Crippen LogP contribution >= 0.6 is 0 Å². The molecule has 1 N–H and O–H groups in total. The van der Waals surface area contributed by atoms with Gasteiger partial charge in [0.15, 0.2) is 0 Å². The van der Waals surface area contributed by atoms with Gasteiger partial charge in [-0.3, -0.25) is 4.90 Å². The van der Waals surface area contributed by atoms with E-state index in [4.69, 9.17) is 0 Å². The molecule has 0 spiro atoms. The molecule has 1 atom stereocenters. The van der Waals surface area contributed by atoms with Crippen LogP contribution in [0.2, 0.25) is 0 Å². The maximum absolute atomic E-state index is 9.90. The molecule has 1 heterocycles. The first-order valence-electron chi connectivity index (χ1n) is 5.72. The van der Waals surface area contributed by atoms with Gasteiger partial charge in [0.2, 0.25) is 0 Å². The van der Waals surface area contributed by atoms with Crippen LogP contribution in [0.1, 0.15) is 36.9 Å². The van der Waals surface area contributed by atoms with E-state index in [9.17, 15) is 5.11 Å². The van der Waals surface area contributed by atoms with Crippen molar-refractivity contribution in [1.29, 1.82) is 0 Å². The lowest BCUT2D eigenvalue weighted by atomic mass is 10.0. The highest BCUT2D eigenvalue weighted by molar-refractivity contribution is 5.37. The predicted molar refractivity (Wildman–Crippen MR) is 62.1 cm³/mol. The van der Waals surface area contributed by atoms with Gasteiger partial charge >= 0.3 is 0 Å². The average molecular weight is 205 g/mol. The molecular weight excluding hydrogens is 186 g/mol. The molecule has 0 aliphatic carbocycles. The molecule has 1 aliphatic heterocycles. The Balaban J connectivity index is 2.20. The van der Waals surface area contributed by atoms with E-state index in [-0.39, 0.29) is 0 Å². The zero-order valence-corrected chi connectivity index (χ0v) is 9.53. The van der Waals surface area contributed by atoms with Gasteiger partial charge in [0.1, 0.15) is 5.75 Å². The topological polar surface area (TPSA) is 23.5 Å². The van der Waals surface area contributed by atoms with E-state index < -0.39 is 0 Å². The maximum atomic E-state index is 9.90. The Morgan fingerprint density at radius 2 is 1.93 bits per heavy atom. The number of aryl methyl sites for hydroxylation is 1. The van der Waals surface area contributed by atoms with Crippen molar-refractivity contribution in [3.8, 4) is 5.75 Å². The zero-order valence-electron chi connectivity index (χ0n) is 9.53. The van der Waals surface area contributed by atoms with E-state index in [0.29, 0.717) is 11.8 Å². The lowest BCUT2D eigenvalue weighted by molar-refractivity contribution is 0.257. The molecule has 0 radical (unpaired) electrons. The van der Waals surface area contributed by atoms with E-state index in [1.165, 1.54) is 12.8 Å². The van der Waals surface area contributed by atoms with Crippen molar-refractivity contribution in [1.82, 2.24) is 4.90 Å². The predicted octanol–water partition coefficient (Wildman–Crippen LogP) is 2.86. The summed E-state index contributed by atoms with van der Waals surface area (Å²) in [6, 6.07) is 6.31. The Kier molecular flexibility index (Phi) is 2.96. The standard InChI is InChI=1S/C13H19NO/c1-10-5-6-12(13(15)9-10)11(2)14-7-3-4-8-14/h5-6,9,11,15H,3-4,7-8H2,1-2H3. The fourth-order valence-electron chi connectivity index (χ4n) is 2.33. The summed E-state index contributed by atoms with van der Waals surface area (Å²) < 4.78 is 0. The first kappa shape index (κ1) is 10.5. The highest BCUT2D eigenvalue weighted by Gasteiger charge is 2.21. The highest BCUT2D eigenvalue weighted by atomic mass is 16.3. The fourth-order valence-corrected chi connectivity index (χ4v) is 2.33. The van der Waals surface area contributed by atoms with E-state index >= 15 is 0 Å². The summed E-state index contributed by atoms with van der Waals surface area (Å²) in [5, 5.41) is 9.90. The Bertz CT molecular complexity index is 342. The second-order valence-corrected chi connectivity index (χ2v) is 4.48. The number of nitrogens with zero attached hydrogens (tertiary/aromatic N) is 1. The molecule has 15 heavy (non-hydrogen) atoms. The van der Waals surface area contributed by atoms with Gasteiger partial charge in [-0.15, -0.1) is 0 Å². The number of hydrogen-bond donors (Lipinski definition) is 1. The first-order valence-corrected chi connectivity index (χ1v) is 5.72. The van der Waals surface area contributed by atoms with Crippen LogP contribution in [-0.4, -0.2) is 23.1 Å². The summed E-state index contributed by atoms with van der Waals surface area (Å²) >= 11 is 0. The van der Waals surface area contributed by atoms with E-state index in [1.807, 2.05) is 19.1 Å². The van der Waals surface area contributed by atoms with Crippen LogP contribution in [0.5, 0.6) is 5.75 Å². The van der Waals surface area contributed by atoms with Crippen molar-refractivity contribution < 1.29 is 5.11 Å². The number of benzene rings is 1. The summed E-state index contributed by atoms with van der Waals surface area (Å²) in [6.07, 6.45) is 2.58. The van der Waals surface area contributed by atoms with Gasteiger partial charge in [0.05, 0.1) is 0 Å². The second-order valence-electron chi connectivity index (χ2n) is 4.48. The van der Waals surface area contributed by atoms with Gasteiger partial charge in [-0.25, -0.2) is 0 Å². The minimum absolute atomic E-state index is 0.341. The largest absolute Gasteiger partial charge is 0.508 e. The summed E-state index contributed by atoms with van der Waals surface area (Å²) in [6.45, 7) is 6.50. The number of rotatable bonds is 2. The number of hydrogen-bond acceptors (Lipinski definition) is 2. The van der Waals surface area contributed by atoms with Crippen LogP contribution in [0, 0.1) is 6.92 Å². The number of phenolic OH excluding ortho intramolecular Hbond substituents is 1. The van der Waals surface area contributed by atoms with Crippen molar-refractivity contribution in [3.63, 3.8) is 0 Å². The van der Waals surface area contributed by atoms with Gasteiger partial charge < -0.3 is 5.11 Å². The molecular formula is C13H19NO. The van der Waals surface area contributed by atoms with Crippen molar-refractivity contribution in [3.05, 3.63) is 29.3 Å². The van der Waals surface area contributed by atoms with E-state index in [0.717, 1.165) is 24.2 Å². The molecule has 82 valence electrons. The molecule has 1 aromatic carbocycles. The van der Waals surface area contributed by atoms with Gasteiger partial charge in [-0.1, -0.05) is 12.1 Å². The van der Waals surface area contributed by atoms with Crippen LogP contribution < -0.4 is 0 Å². The molecule has 2 heteroatoms. The molecule has 0 amide bonds. The Hall–Kier alpha value is -1.02. The Labute approximate surface area is 91.5 Å². The number of likely N-dealkylation sites (tertiary alicyclic amines) is 1. The smallest absolute Gasteiger partial charge is 0.120 e. The lowest BCUT2D eigenvalue weighted by Gasteiger charge is -2.24. The molecule has 2 nitrogen and oxygen atoms in total. The monoisotopic (exact) mass is 205 g/mol. The van der Waals surface area contributed by atoms with Crippen molar-refractivity contribution in [2.75, 3.05) is 13.1 Å². The van der Waals surface area contributed by atoms with Crippen molar-refractivity contribution in [2.45, 2.75) is 32.7 Å². The number of phenols is 1. The average Bonchev–Trinajstić information content (AvgIpc) is 2.69. The molecule has 1 aliphatic rings. The Morgan fingerprint density at radius 1 is 1.27 bits per heavy atom. The third-order valence-corrected chi connectivity index (χ3v) is 3.32. The molecule has 1 fully saturated rings. The highest BCUT2D eigenvalue weighted by Crippen LogP contribution is 2.31. The molecule has 0 aromatic heterocycles. The van der Waals surface area contributed by atoms with E-state index in [2.05, 4.69) is 17.9 Å². The molecule has 0 bridgehead atoms. The first-order chi connectivity index (χ1) is 7.18. The third-order valence-electron chi connectivity index (χ3n) is 3.32. The van der Waals surface area contributed by atoms with Gasteiger partial charge in [-0.2, -0.15) is 0 Å². The van der Waals surface area contributed by atoms with Crippen LogP contribution in [-0.2, 0) is 0 Å². The summed E-state index contributed by atoms with van der Waals surface area (Å²) in [4.78, 5) is 2.43. The molecule has 1 saturated heterocycles. The molecule has 2 rings (SSSR count). The van der Waals surface area contributed by atoms with Gasteiger partial charge in [0, 0.05) is 11.6 Å². The Morgan fingerprint density at radius 3 is 2.53 bits per heavy atom. The zero-order chi connectivity index (χ0) is 10.8. The number of aromatic hydroxyl groups is 1. The van der Waals surface area contributed by atoms with Crippen LogP contribution in [0.15, 0.2) is 18.2 Å². The SMILES string of the molecule is Cc1ccc(C(C)N2CCCC2)c(O)c1. The lowest BCUT2D eigenvalue weighted by Crippen LogP contribution is -2.23. The van der Waals surface area contributed by atoms with Crippen LogP contribution in [0.3, 0.4) is 0 Å². The van der Waals surface area contributed by atoms with Gasteiger partial charge in [-0.05, 0) is 51.4 Å². The van der Waals surface area contributed by atoms with E-state index in [1.54, 1.807) is 0 Å². The van der Waals surface area contributed by atoms with Crippen molar-refractivity contribution >= 4 is 0 Å². The van der Waals surface area contributed by atoms with Gasteiger partial charge in [0.25, 0.3) is 0 Å². The third kappa shape index (κ3) is 2.15. The van der Waals surface area contributed by atoms with Crippen molar-refractivity contribution in [2.24, 2.45) is 0 Å².